The van der Waals surface area contributed by atoms with Crippen LogP contribution in [0.1, 0.15) is 24.4 Å². The number of hydrogen-bond acceptors (Lipinski definition) is 7. The Bertz CT molecular complexity index is 1460. The van der Waals surface area contributed by atoms with E-state index in [4.69, 9.17) is 36.5 Å². The Hall–Kier alpha value is -3.73. The van der Waals surface area contributed by atoms with Crippen molar-refractivity contribution in [2.24, 2.45) is 0 Å². The highest BCUT2D eigenvalue weighted by atomic mass is 35.5. The monoisotopic (exact) mass is 547 g/mol. The molecule has 10 nitrogen and oxygen atoms in total. The number of hydrogen-bond donors (Lipinski definition) is 2. The number of fused-ring (bicyclic) bond motifs is 1. The van der Waals surface area contributed by atoms with E-state index in [1.54, 1.807) is 12.1 Å². The van der Waals surface area contributed by atoms with Gasteiger partial charge in [0.1, 0.15) is 5.82 Å². The molecule has 6 rings (SSSR count). The van der Waals surface area contributed by atoms with Gasteiger partial charge in [-0.25, -0.2) is 19.4 Å². The lowest BCUT2D eigenvalue weighted by Crippen LogP contribution is -2.37. The maximum absolute atomic E-state index is 11.0. The molecule has 202 valence electrons. The second-order valence-electron chi connectivity index (χ2n) is 9.90. The SMILES string of the molecule is O=C(O)Nc1ccc(-c2nc(N3CCOCC3)c3cnn(C4CCN(Cc5ccccc5Cl)CC4)c3n2)cc1. The molecule has 2 N–H and O–H groups in total. The van der Waals surface area contributed by atoms with E-state index in [1.165, 1.54) is 0 Å². The Morgan fingerprint density at radius 2 is 1.77 bits per heavy atom. The van der Waals surface area contributed by atoms with Gasteiger partial charge >= 0.3 is 6.09 Å². The fraction of sp³-hybridized carbons (Fsp3) is 0.357. The van der Waals surface area contributed by atoms with Crippen molar-refractivity contribution in [2.45, 2.75) is 25.4 Å². The van der Waals surface area contributed by atoms with Gasteiger partial charge in [-0.2, -0.15) is 5.10 Å². The molecule has 0 unspecified atom stereocenters. The van der Waals surface area contributed by atoms with E-state index < -0.39 is 6.09 Å². The van der Waals surface area contributed by atoms with Crippen molar-refractivity contribution in [1.82, 2.24) is 24.6 Å². The van der Waals surface area contributed by atoms with E-state index in [0.717, 1.165) is 78.6 Å². The number of likely N-dealkylation sites (tertiary alicyclic amines) is 1. The Morgan fingerprint density at radius 3 is 2.49 bits per heavy atom. The summed E-state index contributed by atoms with van der Waals surface area (Å²) in [6.45, 7) is 5.53. The van der Waals surface area contributed by atoms with E-state index in [1.807, 2.05) is 36.5 Å². The summed E-state index contributed by atoms with van der Waals surface area (Å²) in [6.07, 6.45) is 2.71. The fourth-order valence-electron chi connectivity index (χ4n) is 5.34. The Balaban J connectivity index is 1.29. The Kier molecular flexibility index (Phi) is 7.32. The van der Waals surface area contributed by atoms with Gasteiger partial charge in [0.05, 0.1) is 30.8 Å². The van der Waals surface area contributed by atoms with Crippen LogP contribution in [0.2, 0.25) is 5.02 Å². The van der Waals surface area contributed by atoms with Crippen molar-refractivity contribution in [1.29, 1.82) is 0 Å². The van der Waals surface area contributed by atoms with Crippen molar-refractivity contribution < 1.29 is 14.6 Å². The van der Waals surface area contributed by atoms with E-state index in [2.05, 4.69) is 25.9 Å². The number of nitrogens with one attached hydrogen (secondary N) is 1. The van der Waals surface area contributed by atoms with Gasteiger partial charge in [-0.15, -0.1) is 0 Å². The molecule has 2 aromatic carbocycles. The van der Waals surface area contributed by atoms with E-state index >= 15 is 0 Å². The number of ether oxygens (including phenoxy) is 1. The Morgan fingerprint density at radius 1 is 1.03 bits per heavy atom. The third-order valence-electron chi connectivity index (χ3n) is 7.39. The molecule has 0 atom stereocenters. The summed E-state index contributed by atoms with van der Waals surface area (Å²) in [5, 5.41) is 18.0. The standard InChI is InChI=1S/C28H30ClN7O3/c29-24-4-2-1-3-20(24)18-34-11-9-22(10-12-34)36-27-23(17-30-36)26(35-13-15-39-16-14-35)32-25(33-27)19-5-7-21(8-6-19)31-28(37)38/h1-8,17,22,31H,9-16,18H2,(H,37,38). The maximum atomic E-state index is 11.0. The molecule has 0 bridgehead atoms. The van der Waals surface area contributed by atoms with Crippen LogP contribution in [-0.4, -0.2) is 75.2 Å². The van der Waals surface area contributed by atoms with Gasteiger partial charge in [0.25, 0.3) is 0 Å². The predicted octanol–water partition coefficient (Wildman–Crippen LogP) is 4.91. The molecular weight excluding hydrogens is 518 g/mol. The summed E-state index contributed by atoms with van der Waals surface area (Å²) in [5.41, 5.74) is 3.28. The first-order chi connectivity index (χ1) is 19.0. The summed E-state index contributed by atoms with van der Waals surface area (Å²) >= 11 is 6.40. The minimum Gasteiger partial charge on any atom is -0.465 e. The van der Waals surface area contributed by atoms with Gasteiger partial charge in [0, 0.05) is 49.0 Å². The van der Waals surface area contributed by atoms with Gasteiger partial charge in [0.2, 0.25) is 0 Å². The highest BCUT2D eigenvalue weighted by molar-refractivity contribution is 6.31. The number of carbonyl (C=O) groups is 1. The largest absolute Gasteiger partial charge is 0.465 e. The van der Waals surface area contributed by atoms with Gasteiger partial charge in [-0.3, -0.25) is 10.2 Å². The van der Waals surface area contributed by atoms with E-state index in [-0.39, 0.29) is 6.04 Å². The van der Waals surface area contributed by atoms with E-state index in [0.29, 0.717) is 24.7 Å². The molecule has 11 heteroatoms. The maximum Gasteiger partial charge on any atom is 0.409 e. The number of benzene rings is 2. The number of piperidine rings is 1. The van der Waals surface area contributed by atoms with Crippen LogP contribution in [0.3, 0.4) is 0 Å². The van der Waals surface area contributed by atoms with Gasteiger partial charge in [-0.05, 0) is 48.7 Å². The number of amides is 1. The molecule has 4 heterocycles. The van der Waals surface area contributed by atoms with Crippen LogP contribution in [0.4, 0.5) is 16.3 Å². The fourth-order valence-corrected chi connectivity index (χ4v) is 5.53. The number of nitrogens with zero attached hydrogens (tertiary/aromatic N) is 6. The molecule has 1 amide bonds. The van der Waals surface area contributed by atoms with Crippen molar-refractivity contribution in [3.05, 3.63) is 65.3 Å². The van der Waals surface area contributed by atoms with Crippen LogP contribution in [-0.2, 0) is 11.3 Å². The first-order valence-electron chi connectivity index (χ1n) is 13.2. The summed E-state index contributed by atoms with van der Waals surface area (Å²) in [5.74, 6) is 1.44. The Labute approximate surface area is 231 Å². The molecule has 2 aliphatic heterocycles. The first-order valence-corrected chi connectivity index (χ1v) is 13.6. The zero-order chi connectivity index (χ0) is 26.8. The minimum atomic E-state index is -1.10. The molecule has 0 radical (unpaired) electrons. The van der Waals surface area contributed by atoms with Gasteiger partial charge in [-0.1, -0.05) is 29.8 Å². The molecule has 2 fully saturated rings. The number of aromatic nitrogens is 4. The number of rotatable bonds is 6. The lowest BCUT2D eigenvalue weighted by atomic mass is 10.0. The third-order valence-corrected chi connectivity index (χ3v) is 7.76. The summed E-state index contributed by atoms with van der Waals surface area (Å²) in [4.78, 5) is 25.6. The highest BCUT2D eigenvalue weighted by Crippen LogP contribution is 2.33. The average molecular weight is 548 g/mol. The van der Waals surface area contributed by atoms with Crippen molar-refractivity contribution >= 4 is 40.2 Å². The number of halogens is 1. The topological polar surface area (TPSA) is 109 Å². The molecule has 2 aromatic heterocycles. The minimum absolute atomic E-state index is 0.229. The second-order valence-corrected chi connectivity index (χ2v) is 10.3. The first kappa shape index (κ1) is 25.5. The predicted molar refractivity (Wildman–Crippen MR) is 150 cm³/mol. The summed E-state index contributed by atoms with van der Waals surface area (Å²) in [7, 11) is 0. The summed E-state index contributed by atoms with van der Waals surface area (Å²) < 4.78 is 7.65. The van der Waals surface area contributed by atoms with Crippen molar-refractivity contribution in [3.63, 3.8) is 0 Å². The van der Waals surface area contributed by atoms with Gasteiger partial charge in [0.15, 0.2) is 11.5 Å². The zero-order valence-corrected chi connectivity index (χ0v) is 22.2. The van der Waals surface area contributed by atoms with Crippen LogP contribution < -0.4 is 10.2 Å². The molecule has 2 saturated heterocycles. The quantitative estimate of drug-likeness (QED) is 0.350. The van der Waals surface area contributed by atoms with Crippen molar-refractivity contribution in [3.8, 4) is 11.4 Å². The highest BCUT2D eigenvalue weighted by Gasteiger charge is 2.26. The molecule has 2 aliphatic rings. The zero-order valence-electron chi connectivity index (χ0n) is 21.5. The smallest absolute Gasteiger partial charge is 0.409 e. The number of carboxylic acid groups (broad SMARTS) is 1. The summed E-state index contributed by atoms with van der Waals surface area (Å²) in [6, 6.07) is 15.4. The molecule has 39 heavy (non-hydrogen) atoms. The van der Waals surface area contributed by atoms with E-state index in [9.17, 15) is 4.79 Å². The van der Waals surface area contributed by atoms with Crippen LogP contribution in [0.15, 0.2) is 54.7 Å². The molecule has 0 aliphatic carbocycles. The van der Waals surface area contributed by atoms with Crippen LogP contribution in [0.5, 0.6) is 0 Å². The van der Waals surface area contributed by atoms with Crippen LogP contribution >= 0.6 is 11.6 Å². The molecule has 0 saturated carbocycles. The molecular formula is C28H30ClN7O3. The molecule has 4 aromatic rings. The normalized spacial score (nSPS) is 17.0. The number of anilines is 2. The third kappa shape index (κ3) is 5.54. The number of morpholine rings is 1. The van der Waals surface area contributed by atoms with Gasteiger partial charge < -0.3 is 14.7 Å². The molecule has 0 spiro atoms. The lowest BCUT2D eigenvalue weighted by molar-refractivity contribution is 0.122. The average Bonchev–Trinajstić information content (AvgIpc) is 3.39. The second kappa shape index (κ2) is 11.2. The van der Waals surface area contributed by atoms with Crippen molar-refractivity contribution in [2.75, 3.05) is 49.6 Å². The van der Waals surface area contributed by atoms with Crippen LogP contribution in [0.25, 0.3) is 22.4 Å². The van der Waals surface area contributed by atoms with Crippen LogP contribution in [0, 0.1) is 0 Å². The lowest BCUT2D eigenvalue weighted by Gasteiger charge is -2.32.